The SMILES string of the molecule is C=N/C=C(\C=C(/C)c1ccc2[nH]nc(C(=O)Nc3ccc(N4CCOCC4)nc3)c2c1)NC(=O)C1CC1. The molecule has 190 valence electrons. The van der Waals surface area contributed by atoms with Crippen LogP contribution >= 0.6 is 0 Å². The quantitative estimate of drug-likeness (QED) is 0.322. The number of H-pyrrole nitrogens is 1. The highest BCUT2D eigenvalue weighted by atomic mass is 16.5. The van der Waals surface area contributed by atoms with E-state index in [1.807, 2.05) is 43.3 Å². The number of morpholine rings is 1. The first-order valence-corrected chi connectivity index (χ1v) is 12.3. The van der Waals surface area contributed by atoms with E-state index in [0.29, 0.717) is 30.0 Å². The lowest BCUT2D eigenvalue weighted by Gasteiger charge is -2.27. The van der Waals surface area contributed by atoms with Gasteiger partial charge in [-0.05, 0) is 68.0 Å². The van der Waals surface area contributed by atoms with Gasteiger partial charge >= 0.3 is 0 Å². The zero-order valence-electron chi connectivity index (χ0n) is 20.7. The Labute approximate surface area is 214 Å². The Balaban J connectivity index is 1.32. The number of hydrogen-bond acceptors (Lipinski definition) is 7. The normalized spacial score (nSPS) is 16.5. The average Bonchev–Trinajstić information content (AvgIpc) is 3.68. The van der Waals surface area contributed by atoms with E-state index >= 15 is 0 Å². The summed E-state index contributed by atoms with van der Waals surface area (Å²) in [6.07, 6.45) is 6.85. The summed E-state index contributed by atoms with van der Waals surface area (Å²) in [5.41, 5.74) is 3.96. The fraction of sp³-hybridized carbons (Fsp3) is 0.296. The van der Waals surface area contributed by atoms with Gasteiger partial charge in [0.2, 0.25) is 5.91 Å². The van der Waals surface area contributed by atoms with E-state index in [4.69, 9.17) is 4.74 Å². The van der Waals surface area contributed by atoms with Gasteiger partial charge in [0.15, 0.2) is 5.69 Å². The van der Waals surface area contributed by atoms with Gasteiger partial charge in [0.25, 0.3) is 5.91 Å². The summed E-state index contributed by atoms with van der Waals surface area (Å²) in [6.45, 7) is 8.38. The van der Waals surface area contributed by atoms with Crippen molar-refractivity contribution >= 4 is 46.5 Å². The highest BCUT2D eigenvalue weighted by molar-refractivity contribution is 6.11. The zero-order valence-corrected chi connectivity index (χ0v) is 20.7. The molecule has 0 radical (unpaired) electrons. The molecule has 0 atom stereocenters. The number of carbonyl (C=O) groups excluding carboxylic acids is 2. The van der Waals surface area contributed by atoms with Crippen molar-refractivity contribution in [3.05, 3.63) is 65.8 Å². The Morgan fingerprint density at radius 2 is 2.03 bits per heavy atom. The van der Waals surface area contributed by atoms with Crippen LogP contribution < -0.4 is 15.5 Å². The molecular formula is C27H29N7O3. The number of nitrogens with zero attached hydrogens (tertiary/aromatic N) is 4. The number of ether oxygens (including phenoxy) is 1. The summed E-state index contributed by atoms with van der Waals surface area (Å²) in [7, 11) is 0. The standard InChI is InChI=1S/C27H29N7O3/c1-17(13-21(15-28-2)31-26(35)18-3-4-18)19-5-7-23-22(14-19)25(33-32-23)27(36)30-20-6-8-24(29-16-20)34-9-11-37-12-10-34/h5-8,13-16,18H,2-4,9-12H2,1H3,(H,30,36)(H,31,35)(H,32,33)/b17-13+,21-15+. The maximum absolute atomic E-state index is 13.1. The van der Waals surface area contributed by atoms with Crippen LogP contribution in [-0.4, -0.2) is 60.0 Å². The molecule has 2 fully saturated rings. The van der Waals surface area contributed by atoms with E-state index in [1.165, 1.54) is 6.20 Å². The summed E-state index contributed by atoms with van der Waals surface area (Å²) in [5.74, 6) is 0.595. The van der Waals surface area contributed by atoms with E-state index < -0.39 is 0 Å². The van der Waals surface area contributed by atoms with Gasteiger partial charge < -0.3 is 20.3 Å². The highest BCUT2D eigenvalue weighted by Gasteiger charge is 2.29. The average molecular weight is 500 g/mol. The number of hydrogen-bond donors (Lipinski definition) is 3. The van der Waals surface area contributed by atoms with E-state index in [2.05, 4.69) is 42.4 Å². The molecule has 3 aromatic rings. The van der Waals surface area contributed by atoms with Crippen LogP contribution in [0.25, 0.3) is 16.5 Å². The molecule has 37 heavy (non-hydrogen) atoms. The predicted octanol–water partition coefficient (Wildman–Crippen LogP) is 3.52. The van der Waals surface area contributed by atoms with Crippen LogP contribution in [0.5, 0.6) is 0 Å². The second-order valence-electron chi connectivity index (χ2n) is 9.15. The Morgan fingerprint density at radius 3 is 2.73 bits per heavy atom. The van der Waals surface area contributed by atoms with Crippen molar-refractivity contribution in [2.75, 3.05) is 36.5 Å². The minimum absolute atomic E-state index is 0.00402. The molecule has 3 N–H and O–H groups in total. The Hall–Kier alpha value is -4.31. The number of aromatic amines is 1. The molecule has 1 aliphatic heterocycles. The summed E-state index contributed by atoms with van der Waals surface area (Å²) >= 11 is 0. The number of anilines is 2. The molecular weight excluding hydrogens is 470 g/mol. The van der Waals surface area contributed by atoms with Crippen LogP contribution in [0.15, 0.2) is 59.5 Å². The van der Waals surface area contributed by atoms with Gasteiger partial charge in [0.1, 0.15) is 5.82 Å². The predicted molar refractivity (Wildman–Crippen MR) is 143 cm³/mol. The largest absolute Gasteiger partial charge is 0.378 e. The minimum atomic E-state index is -0.334. The number of allylic oxidation sites excluding steroid dienone is 2. The van der Waals surface area contributed by atoms with Crippen LogP contribution in [0.1, 0.15) is 35.8 Å². The lowest BCUT2D eigenvalue weighted by atomic mass is 10.0. The van der Waals surface area contributed by atoms with Gasteiger partial charge in [-0.2, -0.15) is 5.10 Å². The van der Waals surface area contributed by atoms with Crippen LogP contribution in [0, 0.1) is 5.92 Å². The second kappa shape index (κ2) is 10.8. The lowest BCUT2D eigenvalue weighted by molar-refractivity contribution is -0.121. The van der Waals surface area contributed by atoms with Crippen molar-refractivity contribution < 1.29 is 14.3 Å². The third-order valence-electron chi connectivity index (χ3n) is 6.39. The van der Waals surface area contributed by atoms with Gasteiger partial charge in [0.05, 0.1) is 36.3 Å². The van der Waals surface area contributed by atoms with E-state index in [-0.39, 0.29) is 23.4 Å². The summed E-state index contributed by atoms with van der Waals surface area (Å²) < 4.78 is 5.39. The van der Waals surface area contributed by atoms with Gasteiger partial charge in [-0.1, -0.05) is 6.07 Å². The number of amides is 2. The fourth-order valence-electron chi connectivity index (χ4n) is 4.17. The minimum Gasteiger partial charge on any atom is -0.378 e. The number of pyridine rings is 1. The summed E-state index contributed by atoms with van der Waals surface area (Å²) in [5, 5.41) is 13.7. The van der Waals surface area contributed by atoms with Gasteiger partial charge in [-0.25, -0.2) is 4.98 Å². The zero-order chi connectivity index (χ0) is 25.8. The maximum Gasteiger partial charge on any atom is 0.276 e. The monoisotopic (exact) mass is 499 g/mol. The Bertz CT molecular complexity index is 1380. The molecule has 2 aliphatic rings. The van der Waals surface area contributed by atoms with Crippen LogP contribution in [0.2, 0.25) is 0 Å². The van der Waals surface area contributed by atoms with Crippen molar-refractivity contribution in [1.29, 1.82) is 0 Å². The smallest absolute Gasteiger partial charge is 0.276 e. The maximum atomic E-state index is 13.1. The van der Waals surface area contributed by atoms with Crippen molar-refractivity contribution in [2.45, 2.75) is 19.8 Å². The number of carbonyl (C=O) groups is 2. The van der Waals surface area contributed by atoms with Gasteiger partial charge in [-0.3, -0.25) is 19.7 Å². The third kappa shape index (κ3) is 5.75. The highest BCUT2D eigenvalue weighted by Crippen LogP contribution is 2.29. The lowest BCUT2D eigenvalue weighted by Crippen LogP contribution is -2.36. The molecule has 1 saturated heterocycles. The molecule has 1 aromatic carbocycles. The molecule has 1 saturated carbocycles. The molecule has 2 amide bonds. The first-order chi connectivity index (χ1) is 18.0. The fourth-order valence-corrected chi connectivity index (χ4v) is 4.17. The van der Waals surface area contributed by atoms with Crippen LogP contribution in [-0.2, 0) is 9.53 Å². The molecule has 0 bridgehead atoms. The first-order valence-electron chi connectivity index (χ1n) is 12.3. The Kier molecular flexibility index (Phi) is 7.09. The molecule has 3 heterocycles. The number of aliphatic imine (C=N–C) groups is 1. The summed E-state index contributed by atoms with van der Waals surface area (Å²) in [4.78, 5) is 35.7. The second-order valence-corrected chi connectivity index (χ2v) is 9.15. The van der Waals surface area contributed by atoms with Crippen molar-refractivity contribution in [3.8, 4) is 0 Å². The van der Waals surface area contributed by atoms with Gasteiger partial charge in [-0.15, -0.1) is 0 Å². The first kappa shape index (κ1) is 24.4. The topological polar surface area (TPSA) is 125 Å². The van der Waals surface area contributed by atoms with Crippen LogP contribution in [0.4, 0.5) is 11.5 Å². The number of fused-ring (bicyclic) bond motifs is 1. The van der Waals surface area contributed by atoms with Crippen molar-refractivity contribution in [1.82, 2.24) is 20.5 Å². The summed E-state index contributed by atoms with van der Waals surface area (Å²) in [6, 6.07) is 9.44. The molecule has 10 heteroatoms. The molecule has 10 nitrogen and oxygen atoms in total. The molecule has 5 rings (SSSR count). The van der Waals surface area contributed by atoms with E-state index in [0.717, 1.165) is 48.4 Å². The van der Waals surface area contributed by atoms with Gasteiger partial charge in [0, 0.05) is 30.6 Å². The number of benzene rings is 1. The van der Waals surface area contributed by atoms with E-state index in [1.54, 1.807) is 6.20 Å². The molecule has 0 unspecified atom stereocenters. The third-order valence-corrected chi connectivity index (χ3v) is 6.39. The molecule has 0 spiro atoms. The van der Waals surface area contributed by atoms with Crippen LogP contribution in [0.3, 0.4) is 0 Å². The number of rotatable bonds is 8. The van der Waals surface area contributed by atoms with Crippen molar-refractivity contribution in [2.24, 2.45) is 10.9 Å². The van der Waals surface area contributed by atoms with E-state index in [9.17, 15) is 9.59 Å². The molecule has 2 aromatic heterocycles. The number of aromatic nitrogens is 3. The molecule has 1 aliphatic carbocycles. The van der Waals surface area contributed by atoms with Crippen molar-refractivity contribution in [3.63, 3.8) is 0 Å². The number of nitrogens with one attached hydrogen (secondary N) is 3. The Morgan fingerprint density at radius 1 is 1.22 bits per heavy atom.